The van der Waals surface area contributed by atoms with Crippen LogP contribution in [0.1, 0.15) is 36.8 Å². The molecule has 0 amide bonds. The summed E-state index contributed by atoms with van der Waals surface area (Å²) in [6.07, 6.45) is -0.843. The minimum absolute atomic E-state index is 0.0688. The number of rotatable bonds is 10. The number of benzene rings is 2. The molecule has 1 heterocycles. The molecule has 3 rings (SSSR count). The molecule has 2 atom stereocenters. The van der Waals surface area contributed by atoms with Gasteiger partial charge in [0.2, 0.25) is 0 Å². The van der Waals surface area contributed by atoms with Crippen molar-refractivity contribution >= 4 is 17.0 Å². The molecular formula is C25H29NO6S. The molecule has 0 spiro atoms. The molecule has 0 bridgehead atoms. The standard InChI is InChI=1S/C25H29NO6S/c1-5-31-24(25(27)32-6-2)22-15-23(19-9-7-18(8-10-19)16-33(28)29)26(17(22)3)20-11-13-21(30-4)14-12-20/h7-15,24H,5-6,16H2,1-4H3,(H,28,29). The Morgan fingerprint density at radius 3 is 2.27 bits per heavy atom. The molecule has 7 nitrogen and oxygen atoms in total. The topological polar surface area (TPSA) is 87.0 Å². The Hall–Kier alpha value is -2.94. The van der Waals surface area contributed by atoms with E-state index >= 15 is 0 Å². The van der Waals surface area contributed by atoms with Crippen molar-refractivity contribution in [1.82, 2.24) is 4.57 Å². The van der Waals surface area contributed by atoms with Crippen molar-refractivity contribution in [2.45, 2.75) is 32.6 Å². The van der Waals surface area contributed by atoms with E-state index in [1.54, 1.807) is 14.0 Å². The van der Waals surface area contributed by atoms with Crippen LogP contribution in [0, 0.1) is 6.92 Å². The van der Waals surface area contributed by atoms with Crippen molar-refractivity contribution in [3.8, 4) is 22.7 Å². The molecule has 0 saturated carbocycles. The Kier molecular flexibility index (Phi) is 8.43. The van der Waals surface area contributed by atoms with Crippen LogP contribution in [0.4, 0.5) is 0 Å². The quantitative estimate of drug-likeness (QED) is 0.337. The number of hydrogen-bond donors (Lipinski definition) is 1. The Morgan fingerprint density at radius 2 is 1.73 bits per heavy atom. The van der Waals surface area contributed by atoms with Crippen LogP contribution >= 0.6 is 0 Å². The van der Waals surface area contributed by atoms with Crippen molar-refractivity contribution in [3.63, 3.8) is 0 Å². The highest BCUT2D eigenvalue weighted by molar-refractivity contribution is 7.78. The average molecular weight is 472 g/mol. The smallest absolute Gasteiger partial charge is 0.339 e. The summed E-state index contributed by atoms with van der Waals surface area (Å²) in [5, 5.41) is 0. The molecule has 2 aromatic carbocycles. The zero-order valence-electron chi connectivity index (χ0n) is 19.2. The summed E-state index contributed by atoms with van der Waals surface area (Å²) in [7, 11) is 1.62. The second-order valence-corrected chi connectivity index (χ2v) is 8.29. The highest BCUT2D eigenvalue weighted by atomic mass is 32.2. The third-order valence-corrected chi connectivity index (χ3v) is 5.85. The normalized spacial score (nSPS) is 12.9. The van der Waals surface area contributed by atoms with Crippen LogP contribution in [-0.4, -0.2) is 39.6 Å². The van der Waals surface area contributed by atoms with Gasteiger partial charge in [0.15, 0.2) is 17.2 Å². The van der Waals surface area contributed by atoms with E-state index in [0.717, 1.165) is 39.5 Å². The van der Waals surface area contributed by atoms with Gasteiger partial charge in [-0.1, -0.05) is 24.3 Å². The first kappa shape index (κ1) is 24.7. The van der Waals surface area contributed by atoms with E-state index in [0.29, 0.717) is 6.61 Å². The second-order valence-electron chi connectivity index (χ2n) is 7.35. The highest BCUT2D eigenvalue weighted by Crippen LogP contribution is 2.35. The monoisotopic (exact) mass is 471 g/mol. The van der Waals surface area contributed by atoms with E-state index in [2.05, 4.69) is 4.57 Å². The fraction of sp³-hybridized carbons (Fsp3) is 0.320. The van der Waals surface area contributed by atoms with Gasteiger partial charge in [-0.25, -0.2) is 9.00 Å². The summed E-state index contributed by atoms with van der Waals surface area (Å²) in [6, 6.07) is 17.1. The predicted molar refractivity (Wildman–Crippen MR) is 128 cm³/mol. The SMILES string of the molecule is CCOC(=O)C(OCC)c1cc(-c2ccc(CS(=O)O)cc2)n(-c2ccc(OC)cc2)c1C. The van der Waals surface area contributed by atoms with Gasteiger partial charge in [0.05, 0.1) is 25.2 Å². The number of carbonyl (C=O) groups is 1. The van der Waals surface area contributed by atoms with Gasteiger partial charge in [-0.15, -0.1) is 0 Å². The maximum atomic E-state index is 12.7. The van der Waals surface area contributed by atoms with Crippen molar-refractivity contribution in [1.29, 1.82) is 0 Å². The molecule has 33 heavy (non-hydrogen) atoms. The van der Waals surface area contributed by atoms with E-state index in [9.17, 15) is 13.6 Å². The van der Waals surface area contributed by atoms with Gasteiger partial charge in [0, 0.05) is 23.6 Å². The molecule has 1 N–H and O–H groups in total. The lowest BCUT2D eigenvalue weighted by atomic mass is 10.1. The zero-order chi connectivity index (χ0) is 24.0. The van der Waals surface area contributed by atoms with E-state index in [1.807, 2.05) is 68.4 Å². The lowest BCUT2D eigenvalue weighted by molar-refractivity contribution is -0.157. The van der Waals surface area contributed by atoms with E-state index < -0.39 is 23.2 Å². The van der Waals surface area contributed by atoms with Gasteiger partial charge in [-0.2, -0.15) is 0 Å². The molecule has 0 aliphatic heterocycles. The van der Waals surface area contributed by atoms with Crippen LogP contribution in [0.5, 0.6) is 5.75 Å². The third kappa shape index (κ3) is 5.71. The summed E-state index contributed by atoms with van der Waals surface area (Å²) in [4.78, 5) is 12.7. The lowest BCUT2D eigenvalue weighted by Gasteiger charge is -2.17. The van der Waals surface area contributed by atoms with Crippen LogP contribution < -0.4 is 4.74 Å². The third-order valence-electron chi connectivity index (χ3n) is 5.27. The molecule has 8 heteroatoms. The van der Waals surface area contributed by atoms with Crippen molar-refractivity contribution in [3.05, 3.63) is 71.4 Å². The van der Waals surface area contributed by atoms with Crippen LogP contribution in [0.15, 0.2) is 54.6 Å². The molecule has 1 aromatic heterocycles. The summed E-state index contributed by atoms with van der Waals surface area (Å²) < 4.78 is 38.7. The molecule has 2 unspecified atom stereocenters. The Morgan fingerprint density at radius 1 is 1.06 bits per heavy atom. The fourth-order valence-electron chi connectivity index (χ4n) is 3.75. The lowest BCUT2D eigenvalue weighted by Crippen LogP contribution is -2.19. The minimum atomic E-state index is -1.91. The highest BCUT2D eigenvalue weighted by Gasteiger charge is 2.28. The largest absolute Gasteiger partial charge is 0.497 e. The van der Waals surface area contributed by atoms with E-state index in [-0.39, 0.29) is 12.4 Å². The van der Waals surface area contributed by atoms with Crippen molar-refractivity contribution in [2.75, 3.05) is 20.3 Å². The van der Waals surface area contributed by atoms with Gasteiger partial charge >= 0.3 is 5.97 Å². The number of carbonyl (C=O) groups excluding carboxylic acids is 1. The predicted octanol–water partition coefficient (Wildman–Crippen LogP) is 4.82. The minimum Gasteiger partial charge on any atom is -0.497 e. The summed E-state index contributed by atoms with van der Waals surface area (Å²) >= 11 is -1.91. The fourth-order valence-corrected chi connectivity index (χ4v) is 4.23. The average Bonchev–Trinajstić information content (AvgIpc) is 3.14. The number of hydrogen-bond acceptors (Lipinski definition) is 5. The zero-order valence-corrected chi connectivity index (χ0v) is 20.1. The molecular weight excluding hydrogens is 442 g/mol. The number of nitrogens with zero attached hydrogens (tertiary/aromatic N) is 1. The maximum Gasteiger partial charge on any atom is 0.339 e. The molecule has 0 radical (unpaired) electrons. The van der Waals surface area contributed by atoms with Gasteiger partial charge < -0.3 is 23.3 Å². The summed E-state index contributed by atoms with van der Waals surface area (Å²) in [6.45, 7) is 6.17. The molecule has 0 saturated heterocycles. The van der Waals surface area contributed by atoms with Crippen LogP contribution in [0.25, 0.3) is 16.9 Å². The number of esters is 1. The maximum absolute atomic E-state index is 12.7. The first-order valence-electron chi connectivity index (χ1n) is 10.7. The van der Waals surface area contributed by atoms with Gasteiger partial charge in [-0.05, 0) is 62.2 Å². The molecule has 0 aliphatic carbocycles. The van der Waals surface area contributed by atoms with E-state index in [1.165, 1.54) is 0 Å². The first-order valence-corrected chi connectivity index (χ1v) is 12.0. The molecule has 0 fully saturated rings. The Balaban J connectivity index is 2.16. The van der Waals surface area contributed by atoms with Crippen LogP contribution in [0.2, 0.25) is 0 Å². The molecule has 0 aliphatic rings. The second kappa shape index (κ2) is 11.3. The number of methoxy groups -OCH3 is 1. The van der Waals surface area contributed by atoms with Crippen LogP contribution in [-0.2, 0) is 31.1 Å². The van der Waals surface area contributed by atoms with Gasteiger partial charge in [0.25, 0.3) is 0 Å². The number of aromatic nitrogens is 1. The first-order chi connectivity index (χ1) is 15.9. The van der Waals surface area contributed by atoms with Crippen LogP contribution in [0.3, 0.4) is 0 Å². The number of ether oxygens (including phenoxy) is 3. The van der Waals surface area contributed by atoms with Crippen molar-refractivity contribution in [2.24, 2.45) is 0 Å². The van der Waals surface area contributed by atoms with Gasteiger partial charge in [-0.3, -0.25) is 0 Å². The van der Waals surface area contributed by atoms with E-state index in [4.69, 9.17) is 14.2 Å². The van der Waals surface area contributed by atoms with Crippen molar-refractivity contribution < 1.29 is 27.8 Å². The summed E-state index contributed by atoms with van der Waals surface area (Å²) in [5.41, 5.74) is 4.99. The summed E-state index contributed by atoms with van der Waals surface area (Å²) in [5.74, 6) is 0.381. The Labute approximate surface area is 196 Å². The Bertz CT molecular complexity index is 1110. The van der Waals surface area contributed by atoms with Gasteiger partial charge in [0.1, 0.15) is 5.75 Å². The molecule has 176 valence electrons. The molecule has 3 aromatic rings.